The van der Waals surface area contributed by atoms with Gasteiger partial charge in [0.25, 0.3) is 0 Å². The summed E-state index contributed by atoms with van der Waals surface area (Å²) in [4.78, 5) is 11.8. The lowest BCUT2D eigenvalue weighted by Gasteiger charge is -2.08. The van der Waals surface area contributed by atoms with Gasteiger partial charge in [-0.05, 0) is 36.4 Å². The van der Waals surface area contributed by atoms with Crippen molar-refractivity contribution < 1.29 is 9.18 Å². The Hall–Kier alpha value is -3.38. The first kappa shape index (κ1) is 14.0. The highest BCUT2D eigenvalue weighted by molar-refractivity contribution is 5.99. The van der Waals surface area contributed by atoms with Gasteiger partial charge in [-0.25, -0.2) is 9.18 Å². The number of carbonyl (C=O) groups excluding carboxylic acids is 1. The molecule has 0 unspecified atom stereocenters. The van der Waals surface area contributed by atoms with Crippen molar-refractivity contribution in [2.75, 3.05) is 10.6 Å². The molecule has 0 radical (unpaired) electrons. The molecule has 6 heteroatoms. The van der Waals surface area contributed by atoms with Crippen LogP contribution in [0.25, 0.3) is 0 Å². The number of nitriles is 2. The summed E-state index contributed by atoms with van der Waals surface area (Å²) in [5.74, 6) is -0.648. The van der Waals surface area contributed by atoms with Crippen molar-refractivity contribution in [1.82, 2.24) is 0 Å². The molecule has 2 aromatic rings. The smallest absolute Gasteiger partial charge is 0.308 e. The van der Waals surface area contributed by atoms with Crippen LogP contribution in [-0.4, -0.2) is 6.03 Å². The Morgan fingerprint density at radius 2 is 1.71 bits per heavy atom. The molecule has 0 atom stereocenters. The zero-order valence-corrected chi connectivity index (χ0v) is 10.7. The van der Waals surface area contributed by atoms with Crippen molar-refractivity contribution in [2.45, 2.75) is 0 Å². The highest BCUT2D eigenvalue weighted by atomic mass is 19.1. The molecule has 2 N–H and O–H groups in total. The van der Waals surface area contributed by atoms with E-state index in [1.807, 2.05) is 6.07 Å². The maximum atomic E-state index is 13.2. The van der Waals surface area contributed by atoms with E-state index in [4.69, 9.17) is 10.5 Å². The SMILES string of the molecule is N#Cc1cccc(NC(=O)Nc2ccc(F)c(C#N)c2)c1. The molecule has 2 rings (SSSR count). The first-order valence-corrected chi connectivity index (χ1v) is 5.90. The number of urea groups is 1. The zero-order valence-electron chi connectivity index (χ0n) is 10.7. The van der Waals surface area contributed by atoms with Crippen LogP contribution in [0.1, 0.15) is 11.1 Å². The van der Waals surface area contributed by atoms with Gasteiger partial charge in [-0.15, -0.1) is 0 Å². The summed E-state index contributed by atoms with van der Waals surface area (Å²) in [6, 6.07) is 13.2. The maximum Gasteiger partial charge on any atom is 0.323 e. The Bertz CT molecular complexity index is 774. The third kappa shape index (κ3) is 3.55. The van der Waals surface area contributed by atoms with Gasteiger partial charge in [-0.2, -0.15) is 10.5 Å². The van der Waals surface area contributed by atoms with Crippen molar-refractivity contribution in [3.8, 4) is 12.1 Å². The quantitative estimate of drug-likeness (QED) is 0.885. The predicted molar refractivity (Wildman–Crippen MR) is 74.9 cm³/mol. The summed E-state index contributed by atoms with van der Waals surface area (Å²) < 4.78 is 13.2. The lowest BCUT2D eigenvalue weighted by molar-refractivity contribution is 0.262. The number of hydrogen-bond donors (Lipinski definition) is 2. The Morgan fingerprint density at radius 3 is 2.38 bits per heavy atom. The Morgan fingerprint density at radius 1 is 1.00 bits per heavy atom. The average Bonchev–Trinajstić information content (AvgIpc) is 2.49. The van der Waals surface area contributed by atoms with Crippen LogP contribution in [0.5, 0.6) is 0 Å². The molecular formula is C15H9FN4O. The van der Waals surface area contributed by atoms with Gasteiger partial charge in [0.15, 0.2) is 0 Å². The van der Waals surface area contributed by atoms with Crippen LogP contribution in [0.15, 0.2) is 42.5 Å². The highest BCUT2D eigenvalue weighted by Crippen LogP contribution is 2.15. The van der Waals surface area contributed by atoms with Gasteiger partial charge in [-0.1, -0.05) is 6.07 Å². The maximum absolute atomic E-state index is 13.2. The molecule has 0 spiro atoms. The lowest BCUT2D eigenvalue weighted by Crippen LogP contribution is -2.19. The Labute approximate surface area is 120 Å². The third-order valence-electron chi connectivity index (χ3n) is 2.59. The van der Waals surface area contributed by atoms with Crippen LogP contribution in [0, 0.1) is 28.5 Å². The minimum Gasteiger partial charge on any atom is -0.308 e. The van der Waals surface area contributed by atoms with Crippen LogP contribution in [0.3, 0.4) is 0 Å². The predicted octanol–water partition coefficient (Wildman–Crippen LogP) is 3.21. The van der Waals surface area contributed by atoms with E-state index in [1.54, 1.807) is 24.3 Å². The minimum atomic E-state index is -0.648. The number of halogens is 1. The molecule has 0 fully saturated rings. The molecule has 0 bridgehead atoms. The molecule has 2 amide bonds. The summed E-state index contributed by atoms with van der Waals surface area (Å²) in [6.07, 6.45) is 0. The van der Waals surface area contributed by atoms with Crippen LogP contribution < -0.4 is 10.6 Å². The van der Waals surface area contributed by atoms with Gasteiger partial charge in [0, 0.05) is 11.4 Å². The van der Waals surface area contributed by atoms with E-state index in [1.165, 1.54) is 18.2 Å². The minimum absolute atomic E-state index is 0.153. The number of anilines is 2. The molecule has 0 heterocycles. The van der Waals surface area contributed by atoms with Gasteiger partial charge in [0.05, 0.1) is 17.2 Å². The second-order valence-corrected chi connectivity index (χ2v) is 4.08. The number of benzene rings is 2. The van der Waals surface area contributed by atoms with Crippen LogP contribution in [0.4, 0.5) is 20.6 Å². The fraction of sp³-hybridized carbons (Fsp3) is 0. The van der Waals surface area contributed by atoms with E-state index >= 15 is 0 Å². The number of hydrogen-bond acceptors (Lipinski definition) is 3. The largest absolute Gasteiger partial charge is 0.323 e. The standard InChI is InChI=1S/C15H9FN4O/c16-14-5-4-13(7-11(14)9-18)20-15(21)19-12-3-1-2-10(6-12)8-17/h1-7H,(H2,19,20,21). The second-order valence-electron chi connectivity index (χ2n) is 4.08. The topological polar surface area (TPSA) is 88.7 Å². The zero-order chi connectivity index (χ0) is 15.2. The van der Waals surface area contributed by atoms with Crippen molar-refractivity contribution in [3.05, 3.63) is 59.4 Å². The van der Waals surface area contributed by atoms with E-state index in [0.29, 0.717) is 16.9 Å². The number of nitrogens with one attached hydrogen (secondary N) is 2. The molecule has 102 valence electrons. The lowest BCUT2D eigenvalue weighted by atomic mass is 10.2. The van der Waals surface area contributed by atoms with Gasteiger partial charge >= 0.3 is 6.03 Å². The molecule has 0 aliphatic carbocycles. The Kier molecular flexibility index (Phi) is 4.13. The van der Waals surface area contributed by atoms with Gasteiger partial charge in [0.2, 0.25) is 0 Å². The molecule has 0 saturated carbocycles. The number of nitrogens with zero attached hydrogens (tertiary/aromatic N) is 2. The molecule has 21 heavy (non-hydrogen) atoms. The average molecular weight is 280 g/mol. The van der Waals surface area contributed by atoms with Gasteiger partial charge in [-0.3, -0.25) is 0 Å². The summed E-state index contributed by atoms with van der Waals surface area (Å²) in [5.41, 5.74) is 1.01. The highest BCUT2D eigenvalue weighted by Gasteiger charge is 2.06. The van der Waals surface area contributed by atoms with Crippen LogP contribution in [-0.2, 0) is 0 Å². The molecular weight excluding hydrogens is 271 g/mol. The van der Waals surface area contributed by atoms with Crippen molar-refractivity contribution in [1.29, 1.82) is 10.5 Å². The van der Waals surface area contributed by atoms with Gasteiger partial charge < -0.3 is 10.6 Å². The fourth-order valence-corrected chi connectivity index (χ4v) is 1.65. The summed E-state index contributed by atoms with van der Waals surface area (Å²) in [7, 11) is 0. The van der Waals surface area contributed by atoms with Crippen molar-refractivity contribution in [2.24, 2.45) is 0 Å². The van der Waals surface area contributed by atoms with E-state index in [2.05, 4.69) is 10.6 Å². The van der Waals surface area contributed by atoms with Gasteiger partial charge in [0.1, 0.15) is 11.9 Å². The molecule has 0 aliphatic heterocycles. The number of carbonyl (C=O) groups is 1. The molecule has 2 aromatic carbocycles. The summed E-state index contributed by atoms with van der Waals surface area (Å²) >= 11 is 0. The normalized spacial score (nSPS) is 9.29. The van der Waals surface area contributed by atoms with Crippen LogP contribution in [0.2, 0.25) is 0 Å². The number of amides is 2. The molecule has 0 aliphatic rings. The molecule has 5 nitrogen and oxygen atoms in total. The number of rotatable bonds is 2. The fourth-order valence-electron chi connectivity index (χ4n) is 1.65. The Balaban J connectivity index is 2.08. The van der Waals surface area contributed by atoms with E-state index in [-0.39, 0.29) is 5.56 Å². The van der Waals surface area contributed by atoms with E-state index < -0.39 is 11.8 Å². The first-order valence-electron chi connectivity index (χ1n) is 5.90. The second kappa shape index (κ2) is 6.18. The van der Waals surface area contributed by atoms with E-state index in [0.717, 1.165) is 6.07 Å². The van der Waals surface area contributed by atoms with Crippen LogP contribution >= 0.6 is 0 Å². The molecule has 0 saturated heterocycles. The van der Waals surface area contributed by atoms with E-state index in [9.17, 15) is 9.18 Å². The summed E-state index contributed by atoms with van der Waals surface area (Å²) in [5, 5.41) is 22.5. The van der Waals surface area contributed by atoms with Crippen molar-refractivity contribution >= 4 is 17.4 Å². The third-order valence-corrected chi connectivity index (χ3v) is 2.59. The first-order chi connectivity index (χ1) is 10.1. The van der Waals surface area contributed by atoms with Crippen molar-refractivity contribution in [3.63, 3.8) is 0 Å². The summed E-state index contributed by atoms with van der Waals surface area (Å²) in [6.45, 7) is 0. The monoisotopic (exact) mass is 280 g/mol. The molecule has 0 aromatic heterocycles.